The maximum absolute atomic E-state index is 12.7. The van der Waals surface area contributed by atoms with E-state index in [0.717, 1.165) is 22.9 Å². The Hall–Kier alpha value is -2.43. The van der Waals surface area contributed by atoms with E-state index < -0.39 is 11.9 Å². The number of esters is 1. The van der Waals surface area contributed by atoms with Crippen LogP contribution >= 0.6 is 61.1 Å². The zero-order chi connectivity index (χ0) is 25.4. The predicted octanol–water partition coefficient (Wildman–Crippen LogP) is 6.96. The van der Waals surface area contributed by atoms with Gasteiger partial charge in [-0.15, -0.1) is 0 Å². The van der Waals surface area contributed by atoms with Crippen LogP contribution < -0.4 is 10.1 Å². The summed E-state index contributed by atoms with van der Waals surface area (Å²) in [6.07, 6.45) is 1.53. The zero-order valence-corrected chi connectivity index (χ0v) is 24.4. The van der Waals surface area contributed by atoms with Crippen LogP contribution in [-0.2, 0) is 16.1 Å². The SMILES string of the molecule is CCOC(=O)c1ccc(NC(=O)/C(C#N)=C/c2cc(I)c(OCc3ccc(Br)cc3)c(I)c2)cc1. The smallest absolute Gasteiger partial charge is 0.338 e. The summed E-state index contributed by atoms with van der Waals surface area (Å²) < 4.78 is 13.7. The van der Waals surface area contributed by atoms with Gasteiger partial charge in [-0.3, -0.25) is 4.79 Å². The quantitative estimate of drug-likeness (QED) is 0.116. The number of hydrogen-bond acceptors (Lipinski definition) is 5. The van der Waals surface area contributed by atoms with Crippen LogP contribution in [0.5, 0.6) is 5.75 Å². The number of nitrogens with zero attached hydrogens (tertiary/aromatic N) is 1. The zero-order valence-electron chi connectivity index (χ0n) is 18.5. The van der Waals surface area contributed by atoms with Gasteiger partial charge in [-0.05, 0) is 118 Å². The van der Waals surface area contributed by atoms with E-state index in [0.29, 0.717) is 23.4 Å². The molecule has 0 fully saturated rings. The molecule has 9 heteroatoms. The van der Waals surface area contributed by atoms with Gasteiger partial charge in [-0.1, -0.05) is 28.1 Å². The van der Waals surface area contributed by atoms with Crippen molar-refractivity contribution in [1.29, 1.82) is 5.26 Å². The minimum absolute atomic E-state index is 0.0467. The fraction of sp³-hybridized carbons (Fsp3) is 0.115. The molecule has 35 heavy (non-hydrogen) atoms. The summed E-state index contributed by atoms with van der Waals surface area (Å²) in [7, 11) is 0. The third-order valence-electron chi connectivity index (χ3n) is 4.65. The van der Waals surface area contributed by atoms with Crippen molar-refractivity contribution in [3.05, 3.63) is 94.5 Å². The molecular weight excluding hydrogens is 738 g/mol. The summed E-state index contributed by atoms with van der Waals surface area (Å²) in [6, 6.07) is 19.9. The van der Waals surface area contributed by atoms with Crippen LogP contribution in [0.2, 0.25) is 0 Å². The molecule has 178 valence electrons. The number of amides is 1. The topological polar surface area (TPSA) is 88.4 Å². The fourth-order valence-electron chi connectivity index (χ4n) is 2.95. The summed E-state index contributed by atoms with van der Waals surface area (Å²) in [5.74, 6) is -0.232. The Kier molecular flexibility index (Phi) is 10.1. The Labute approximate surface area is 239 Å². The number of hydrogen-bond donors (Lipinski definition) is 1. The average molecular weight is 757 g/mol. The Balaban J connectivity index is 1.71. The van der Waals surface area contributed by atoms with Crippen LogP contribution in [0, 0.1) is 18.5 Å². The van der Waals surface area contributed by atoms with Crippen molar-refractivity contribution in [2.24, 2.45) is 0 Å². The van der Waals surface area contributed by atoms with E-state index in [-0.39, 0.29) is 12.2 Å². The van der Waals surface area contributed by atoms with E-state index in [1.54, 1.807) is 31.2 Å². The van der Waals surface area contributed by atoms with Crippen molar-refractivity contribution in [2.75, 3.05) is 11.9 Å². The van der Waals surface area contributed by atoms with Crippen LogP contribution in [0.1, 0.15) is 28.4 Å². The van der Waals surface area contributed by atoms with Gasteiger partial charge in [0.1, 0.15) is 24.0 Å². The van der Waals surface area contributed by atoms with Gasteiger partial charge in [0.25, 0.3) is 5.91 Å². The molecule has 3 aromatic carbocycles. The van der Waals surface area contributed by atoms with Gasteiger partial charge < -0.3 is 14.8 Å². The molecule has 0 atom stereocenters. The van der Waals surface area contributed by atoms with E-state index in [9.17, 15) is 14.9 Å². The lowest BCUT2D eigenvalue weighted by atomic mass is 10.1. The van der Waals surface area contributed by atoms with Crippen molar-refractivity contribution in [3.63, 3.8) is 0 Å². The highest BCUT2D eigenvalue weighted by molar-refractivity contribution is 14.1. The summed E-state index contributed by atoms with van der Waals surface area (Å²) in [6.45, 7) is 2.44. The van der Waals surface area contributed by atoms with E-state index in [1.807, 2.05) is 42.5 Å². The minimum Gasteiger partial charge on any atom is -0.487 e. The molecule has 0 spiro atoms. The second-order valence-corrected chi connectivity index (χ2v) is 10.4. The van der Waals surface area contributed by atoms with E-state index in [4.69, 9.17) is 9.47 Å². The molecule has 6 nitrogen and oxygen atoms in total. The van der Waals surface area contributed by atoms with E-state index >= 15 is 0 Å². The largest absolute Gasteiger partial charge is 0.487 e. The molecular formula is C26H19BrI2N2O4. The first-order valence-corrected chi connectivity index (χ1v) is 13.3. The minimum atomic E-state index is -0.544. The maximum Gasteiger partial charge on any atom is 0.338 e. The molecule has 0 radical (unpaired) electrons. The number of rotatable bonds is 8. The first-order chi connectivity index (χ1) is 16.8. The number of anilines is 1. The van der Waals surface area contributed by atoms with Crippen LogP contribution in [0.15, 0.2) is 70.7 Å². The first-order valence-electron chi connectivity index (χ1n) is 10.4. The Morgan fingerprint density at radius 1 is 1.06 bits per heavy atom. The monoisotopic (exact) mass is 756 g/mol. The summed E-state index contributed by atoms with van der Waals surface area (Å²) in [5, 5.41) is 12.2. The molecule has 0 aliphatic heterocycles. The number of benzene rings is 3. The fourth-order valence-corrected chi connectivity index (χ4v) is 5.35. The van der Waals surface area contributed by atoms with Crippen LogP contribution in [-0.4, -0.2) is 18.5 Å². The Morgan fingerprint density at radius 2 is 1.69 bits per heavy atom. The van der Waals surface area contributed by atoms with Gasteiger partial charge in [0.2, 0.25) is 0 Å². The van der Waals surface area contributed by atoms with Crippen molar-refractivity contribution in [1.82, 2.24) is 0 Å². The van der Waals surface area contributed by atoms with Crippen LogP contribution in [0.25, 0.3) is 6.08 Å². The third-order valence-corrected chi connectivity index (χ3v) is 6.78. The van der Waals surface area contributed by atoms with E-state index in [2.05, 4.69) is 66.4 Å². The van der Waals surface area contributed by atoms with Crippen molar-refractivity contribution in [2.45, 2.75) is 13.5 Å². The number of nitrogens with one attached hydrogen (secondary N) is 1. The normalized spacial score (nSPS) is 10.9. The molecule has 0 aliphatic carbocycles. The molecule has 3 aromatic rings. The van der Waals surface area contributed by atoms with Gasteiger partial charge >= 0.3 is 5.97 Å². The molecule has 1 N–H and O–H groups in total. The molecule has 0 bridgehead atoms. The number of nitriles is 1. The highest BCUT2D eigenvalue weighted by atomic mass is 127. The lowest BCUT2D eigenvalue weighted by molar-refractivity contribution is -0.112. The molecule has 0 aliphatic rings. The summed E-state index contributed by atoms with van der Waals surface area (Å²) >= 11 is 7.78. The lowest BCUT2D eigenvalue weighted by Gasteiger charge is -2.12. The van der Waals surface area contributed by atoms with Crippen molar-refractivity contribution < 1.29 is 19.1 Å². The second kappa shape index (κ2) is 13.0. The molecule has 0 saturated carbocycles. The molecule has 0 aromatic heterocycles. The highest BCUT2D eigenvalue weighted by Gasteiger charge is 2.13. The standard InChI is InChI=1S/C26H19BrI2N2O4/c1-2-34-26(33)18-5-9-21(10-6-18)31-25(32)19(14-30)11-17-12-22(28)24(23(29)13-17)35-15-16-3-7-20(27)8-4-16/h3-13H,2,15H2,1H3,(H,31,32)/b19-11+. The van der Waals surface area contributed by atoms with Gasteiger partial charge in [0, 0.05) is 10.2 Å². The van der Waals surface area contributed by atoms with Crippen LogP contribution in [0.3, 0.4) is 0 Å². The second-order valence-electron chi connectivity index (χ2n) is 7.15. The summed E-state index contributed by atoms with van der Waals surface area (Å²) in [4.78, 5) is 24.4. The lowest BCUT2D eigenvalue weighted by Crippen LogP contribution is -2.13. The van der Waals surface area contributed by atoms with E-state index in [1.165, 1.54) is 6.08 Å². The van der Waals surface area contributed by atoms with Gasteiger partial charge in [-0.25, -0.2) is 4.79 Å². The number of carbonyl (C=O) groups excluding carboxylic acids is 2. The Morgan fingerprint density at radius 3 is 2.26 bits per heavy atom. The molecule has 0 saturated heterocycles. The number of ether oxygens (including phenoxy) is 2. The van der Waals surface area contributed by atoms with Gasteiger partial charge in [0.15, 0.2) is 0 Å². The molecule has 0 unspecified atom stereocenters. The highest BCUT2D eigenvalue weighted by Crippen LogP contribution is 2.30. The van der Waals surface area contributed by atoms with Crippen molar-refractivity contribution in [3.8, 4) is 11.8 Å². The van der Waals surface area contributed by atoms with Crippen molar-refractivity contribution >= 4 is 84.8 Å². The first kappa shape index (κ1) is 27.2. The summed E-state index contributed by atoms with van der Waals surface area (Å²) in [5.41, 5.74) is 2.55. The molecule has 3 rings (SSSR count). The van der Waals surface area contributed by atoms with Gasteiger partial charge in [-0.2, -0.15) is 5.26 Å². The number of carbonyl (C=O) groups is 2. The molecule has 0 heterocycles. The van der Waals surface area contributed by atoms with Gasteiger partial charge in [0.05, 0.1) is 19.3 Å². The predicted molar refractivity (Wildman–Crippen MR) is 155 cm³/mol. The Bertz CT molecular complexity index is 1280. The maximum atomic E-state index is 12.7. The third kappa shape index (κ3) is 7.78. The average Bonchev–Trinajstić information content (AvgIpc) is 2.83. The number of halogens is 3. The molecule has 1 amide bonds. The van der Waals surface area contributed by atoms with Crippen LogP contribution in [0.4, 0.5) is 5.69 Å².